The molecule has 1 atom stereocenters. The highest BCUT2D eigenvalue weighted by molar-refractivity contribution is 5.95. The van der Waals surface area contributed by atoms with E-state index in [0.717, 1.165) is 18.4 Å². The largest absolute Gasteiger partial charge is 0.496 e. The van der Waals surface area contributed by atoms with E-state index in [1.165, 1.54) is 0 Å². The van der Waals surface area contributed by atoms with Crippen LogP contribution in [0, 0.1) is 0 Å². The predicted molar refractivity (Wildman–Crippen MR) is 84.1 cm³/mol. The highest BCUT2D eigenvalue weighted by Crippen LogP contribution is 2.36. The normalized spacial score (nSPS) is 18.0. The van der Waals surface area contributed by atoms with E-state index in [9.17, 15) is 22.8 Å². The van der Waals surface area contributed by atoms with Crippen molar-refractivity contribution in [1.29, 1.82) is 0 Å². The molecule has 1 aromatic rings. The maximum Gasteiger partial charge on any atom is 0.405 e. The Kier molecular flexibility index (Phi) is 6.24. The van der Waals surface area contributed by atoms with Crippen LogP contribution >= 0.6 is 0 Å². The number of halogens is 3. The highest BCUT2D eigenvalue weighted by Gasteiger charge is 2.31. The zero-order valence-electron chi connectivity index (χ0n) is 13.7. The van der Waals surface area contributed by atoms with Crippen LogP contribution in [-0.4, -0.2) is 49.8 Å². The van der Waals surface area contributed by atoms with E-state index < -0.39 is 24.7 Å². The molecule has 1 saturated heterocycles. The summed E-state index contributed by atoms with van der Waals surface area (Å²) in [4.78, 5) is 25.2. The standard InChI is InChI=1S/C16H20F3N3O3/c1-25-13-7-3-2-5-11(13)12-6-4-8-22(12)9-14(23)21-15(24)20-10-16(17,18)19/h2-3,5,7,12H,4,6,8-10H2,1H3,(H2,20,21,23,24). The first-order valence-corrected chi connectivity index (χ1v) is 7.81. The third-order valence-corrected chi connectivity index (χ3v) is 3.91. The van der Waals surface area contributed by atoms with Gasteiger partial charge in [0.15, 0.2) is 0 Å². The minimum atomic E-state index is -4.52. The van der Waals surface area contributed by atoms with Crippen LogP contribution in [0.15, 0.2) is 24.3 Å². The average molecular weight is 359 g/mol. The Morgan fingerprint density at radius 3 is 2.72 bits per heavy atom. The SMILES string of the molecule is COc1ccccc1C1CCCN1CC(=O)NC(=O)NCC(F)(F)F. The van der Waals surface area contributed by atoms with Gasteiger partial charge in [0.1, 0.15) is 12.3 Å². The Hall–Kier alpha value is -2.29. The molecule has 2 rings (SSSR count). The molecule has 1 heterocycles. The van der Waals surface area contributed by atoms with Gasteiger partial charge in [0, 0.05) is 11.6 Å². The molecular weight excluding hydrogens is 339 g/mol. The van der Waals surface area contributed by atoms with Crippen molar-refractivity contribution in [2.24, 2.45) is 0 Å². The molecule has 6 nitrogen and oxygen atoms in total. The minimum absolute atomic E-state index is 0.0415. The van der Waals surface area contributed by atoms with Crippen molar-refractivity contribution >= 4 is 11.9 Å². The summed E-state index contributed by atoms with van der Waals surface area (Å²) in [6.07, 6.45) is -2.82. The Labute approximate surface area is 143 Å². The summed E-state index contributed by atoms with van der Waals surface area (Å²) in [5.41, 5.74) is 0.942. The first-order chi connectivity index (χ1) is 11.8. The van der Waals surface area contributed by atoms with Crippen LogP contribution in [0.2, 0.25) is 0 Å². The number of amides is 3. The lowest BCUT2D eigenvalue weighted by Crippen LogP contribution is -2.46. The topological polar surface area (TPSA) is 70.7 Å². The summed E-state index contributed by atoms with van der Waals surface area (Å²) in [5, 5.41) is 3.52. The number of methoxy groups -OCH3 is 1. The predicted octanol–water partition coefficient (Wildman–Crippen LogP) is 2.22. The summed E-state index contributed by atoms with van der Waals surface area (Å²) in [7, 11) is 1.57. The number of nitrogens with one attached hydrogen (secondary N) is 2. The Balaban J connectivity index is 1.92. The van der Waals surface area contributed by atoms with Gasteiger partial charge in [-0.2, -0.15) is 13.2 Å². The molecule has 138 valence electrons. The molecule has 0 bridgehead atoms. The van der Waals surface area contributed by atoms with Crippen LogP contribution in [0.4, 0.5) is 18.0 Å². The van der Waals surface area contributed by atoms with Crippen LogP contribution in [0.1, 0.15) is 24.4 Å². The summed E-state index contributed by atoms with van der Waals surface area (Å²) in [6.45, 7) is -0.915. The number of ether oxygens (including phenoxy) is 1. The van der Waals surface area contributed by atoms with Gasteiger partial charge >= 0.3 is 12.2 Å². The number of carbonyl (C=O) groups excluding carboxylic acids is 2. The number of benzene rings is 1. The van der Waals surface area contributed by atoms with Crippen molar-refractivity contribution in [1.82, 2.24) is 15.5 Å². The van der Waals surface area contributed by atoms with Gasteiger partial charge in [-0.1, -0.05) is 18.2 Å². The zero-order valence-corrected chi connectivity index (χ0v) is 13.7. The molecule has 0 spiro atoms. The first kappa shape index (κ1) is 19.0. The fraction of sp³-hybridized carbons (Fsp3) is 0.500. The number of imide groups is 1. The lowest BCUT2D eigenvalue weighted by atomic mass is 10.0. The van der Waals surface area contributed by atoms with Crippen LogP contribution in [0.5, 0.6) is 5.75 Å². The van der Waals surface area contributed by atoms with Crippen molar-refractivity contribution in [3.05, 3.63) is 29.8 Å². The van der Waals surface area contributed by atoms with E-state index in [4.69, 9.17) is 4.74 Å². The Bertz CT molecular complexity index is 622. The second-order valence-corrected chi connectivity index (χ2v) is 5.72. The monoisotopic (exact) mass is 359 g/mol. The molecule has 0 aromatic heterocycles. The Morgan fingerprint density at radius 1 is 1.32 bits per heavy atom. The third kappa shape index (κ3) is 5.63. The first-order valence-electron chi connectivity index (χ1n) is 7.81. The van der Waals surface area contributed by atoms with E-state index in [2.05, 4.69) is 0 Å². The summed E-state index contributed by atoms with van der Waals surface area (Å²) in [5.74, 6) is 0.0594. The zero-order chi connectivity index (χ0) is 18.4. The number of urea groups is 1. The number of likely N-dealkylation sites (tertiary alicyclic amines) is 1. The lowest BCUT2D eigenvalue weighted by molar-refractivity contribution is -0.125. The molecule has 1 fully saturated rings. The summed E-state index contributed by atoms with van der Waals surface area (Å²) >= 11 is 0. The van der Waals surface area contributed by atoms with E-state index in [1.54, 1.807) is 12.4 Å². The van der Waals surface area contributed by atoms with Gasteiger partial charge in [0.05, 0.1) is 13.7 Å². The number of para-hydroxylation sites is 1. The van der Waals surface area contributed by atoms with Gasteiger partial charge < -0.3 is 10.1 Å². The number of rotatable bonds is 5. The second-order valence-electron chi connectivity index (χ2n) is 5.72. The van der Waals surface area contributed by atoms with Crippen molar-refractivity contribution in [2.75, 3.05) is 26.7 Å². The molecule has 1 aliphatic heterocycles. The molecule has 9 heteroatoms. The number of nitrogens with zero attached hydrogens (tertiary/aromatic N) is 1. The van der Waals surface area contributed by atoms with E-state index >= 15 is 0 Å². The Morgan fingerprint density at radius 2 is 2.04 bits per heavy atom. The van der Waals surface area contributed by atoms with Crippen molar-refractivity contribution in [3.8, 4) is 5.75 Å². The van der Waals surface area contributed by atoms with Gasteiger partial charge in [-0.15, -0.1) is 0 Å². The molecule has 1 aromatic carbocycles. The number of hydrogen-bond acceptors (Lipinski definition) is 4. The molecular formula is C16H20F3N3O3. The van der Waals surface area contributed by atoms with Crippen LogP contribution < -0.4 is 15.4 Å². The minimum Gasteiger partial charge on any atom is -0.496 e. The van der Waals surface area contributed by atoms with E-state index in [0.29, 0.717) is 12.3 Å². The van der Waals surface area contributed by atoms with Crippen molar-refractivity contribution in [2.45, 2.75) is 25.1 Å². The molecule has 0 radical (unpaired) electrons. The van der Waals surface area contributed by atoms with E-state index in [-0.39, 0.29) is 12.6 Å². The van der Waals surface area contributed by atoms with Gasteiger partial charge in [-0.05, 0) is 25.5 Å². The molecule has 1 aliphatic rings. The van der Waals surface area contributed by atoms with Gasteiger partial charge in [0.25, 0.3) is 0 Å². The molecule has 3 amide bonds. The summed E-state index contributed by atoms with van der Waals surface area (Å²) < 4.78 is 41.5. The number of carbonyl (C=O) groups is 2. The number of alkyl halides is 3. The molecule has 0 saturated carbocycles. The van der Waals surface area contributed by atoms with Crippen molar-refractivity contribution in [3.63, 3.8) is 0 Å². The van der Waals surface area contributed by atoms with Crippen LogP contribution in [-0.2, 0) is 4.79 Å². The van der Waals surface area contributed by atoms with Crippen LogP contribution in [0.25, 0.3) is 0 Å². The molecule has 0 aliphatic carbocycles. The quantitative estimate of drug-likeness (QED) is 0.846. The van der Waals surface area contributed by atoms with Crippen molar-refractivity contribution < 1.29 is 27.5 Å². The second kappa shape index (κ2) is 8.19. The van der Waals surface area contributed by atoms with E-state index in [1.807, 2.05) is 34.5 Å². The van der Waals surface area contributed by atoms with Crippen LogP contribution in [0.3, 0.4) is 0 Å². The average Bonchev–Trinajstić information content (AvgIpc) is 3.00. The smallest absolute Gasteiger partial charge is 0.405 e. The van der Waals surface area contributed by atoms with Gasteiger partial charge in [-0.25, -0.2) is 4.79 Å². The number of hydrogen-bond donors (Lipinski definition) is 2. The fourth-order valence-corrected chi connectivity index (χ4v) is 2.88. The lowest BCUT2D eigenvalue weighted by Gasteiger charge is -2.25. The highest BCUT2D eigenvalue weighted by atomic mass is 19.4. The molecule has 25 heavy (non-hydrogen) atoms. The van der Waals surface area contributed by atoms with Gasteiger partial charge in [-0.3, -0.25) is 15.0 Å². The molecule has 2 N–H and O–H groups in total. The maximum atomic E-state index is 12.0. The molecule has 1 unspecified atom stereocenters. The fourth-order valence-electron chi connectivity index (χ4n) is 2.88. The summed E-state index contributed by atoms with van der Waals surface area (Å²) in [6, 6.07) is 6.26. The van der Waals surface area contributed by atoms with Gasteiger partial charge in [0.2, 0.25) is 5.91 Å². The maximum absolute atomic E-state index is 12.0. The third-order valence-electron chi connectivity index (χ3n) is 3.91.